The number of aryl methyl sites for hydroxylation is 4. The van der Waals surface area contributed by atoms with Crippen molar-refractivity contribution in [3.05, 3.63) is 34.5 Å². The standard InChI is InChI=1S/C15H20N4O2/c1-5-19-15(12(16)10(4)18-19)21-13-8(2)6-11(14(17)20)7-9(13)3/h6-7H,5,16H2,1-4H3,(H2,17,20). The molecule has 0 atom stereocenters. The summed E-state index contributed by atoms with van der Waals surface area (Å²) in [6.45, 7) is 8.19. The molecule has 0 saturated heterocycles. The van der Waals surface area contributed by atoms with Crippen molar-refractivity contribution < 1.29 is 9.53 Å². The molecule has 0 aliphatic carbocycles. The van der Waals surface area contributed by atoms with Gasteiger partial charge in [0.2, 0.25) is 11.8 Å². The Balaban J connectivity index is 2.48. The van der Waals surface area contributed by atoms with Gasteiger partial charge in [0.25, 0.3) is 0 Å². The minimum atomic E-state index is -0.457. The van der Waals surface area contributed by atoms with E-state index in [0.29, 0.717) is 29.4 Å². The summed E-state index contributed by atoms with van der Waals surface area (Å²) in [7, 11) is 0. The quantitative estimate of drug-likeness (QED) is 0.902. The lowest BCUT2D eigenvalue weighted by Crippen LogP contribution is -2.12. The van der Waals surface area contributed by atoms with Crippen LogP contribution >= 0.6 is 0 Å². The number of nitrogen functional groups attached to an aromatic ring is 1. The SMILES string of the molecule is CCn1nc(C)c(N)c1Oc1c(C)cc(C(N)=O)cc1C. The predicted octanol–water partition coefficient (Wildman–Crippen LogP) is 2.30. The van der Waals surface area contributed by atoms with Gasteiger partial charge in [0.1, 0.15) is 11.4 Å². The van der Waals surface area contributed by atoms with Gasteiger partial charge >= 0.3 is 0 Å². The van der Waals surface area contributed by atoms with Crippen molar-refractivity contribution in [1.29, 1.82) is 0 Å². The molecule has 6 heteroatoms. The molecule has 0 unspecified atom stereocenters. The molecule has 1 heterocycles. The molecule has 0 aliphatic heterocycles. The van der Waals surface area contributed by atoms with Crippen LogP contribution < -0.4 is 16.2 Å². The number of hydrogen-bond donors (Lipinski definition) is 2. The number of hydrogen-bond acceptors (Lipinski definition) is 4. The van der Waals surface area contributed by atoms with Gasteiger partial charge in [-0.15, -0.1) is 0 Å². The lowest BCUT2D eigenvalue weighted by atomic mass is 10.1. The molecule has 0 aliphatic rings. The molecule has 0 saturated carbocycles. The average Bonchev–Trinajstić information content (AvgIpc) is 2.69. The molecule has 1 amide bonds. The van der Waals surface area contributed by atoms with Gasteiger partial charge in [0, 0.05) is 12.1 Å². The number of benzene rings is 1. The van der Waals surface area contributed by atoms with E-state index in [9.17, 15) is 4.79 Å². The van der Waals surface area contributed by atoms with E-state index >= 15 is 0 Å². The molecule has 2 rings (SSSR count). The van der Waals surface area contributed by atoms with Crippen LogP contribution in [-0.2, 0) is 6.54 Å². The first-order valence-electron chi connectivity index (χ1n) is 6.76. The van der Waals surface area contributed by atoms with E-state index in [1.54, 1.807) is 16.8 Å². The molecule has 1 aromatic heterocycles. The number of nitrogens with two attached hydrogens (primary N) is 2. The Morgan fingerprint density at radius 1 is 1.29 bits per heavy atom. The minimum Gasteiger partial charge on any atom is -0.437 e. The fourth-order valence-electron chi connectivity index (χ4n) is 2.25. The van der Waals surface area contributed by atoms with Crippen molar-refractivity contribution in [2.24, 2.45) is 5.73 Å². The number of anilines is 1. The van der Waals surface area contributed by atoms with E-state index in [1.807, 2.05) is 27.7 Å². The van der Waals surface area contributed by atoms with Gasteiger partial charge in [-0.05, 0) is 51.0 Å². The Morgan fingerprint density at radius 3 is 2.33 bits per heavy atom. The van der Waals surface area contributed by atoms with E-state index in [4.69, 9.17) is 16.2 Å². The second-order valence-corrected chi connectivity index (χ2v) is 5.03. The third-order valence-corrected chi connectivity index (χ3v) is 3.37. The number of ether oxygens (including phenoxy) is 1. The molecule has 0 radical (unpaired) electrons. The first-order valence-corrected chi connectivity index (χ1v) is 6.76. The van der Waals surface area contributed by atoms with Gasteiger partial charge in [-0.1, -0.05) is 0 Å². The first kappa shape index (κ1) is 14.9. The Morgan fingerprint density at radius 2 is 1.86 bits per heavy atom. The summed E-state index contributed by atoms with van der Waals surface area (Å²) in [6.07, 6.45) is 0. The van der Waals surface area contributed by atoms with E-state index in [0.717, 1.165) is 16.8 Å². The number of nitrogens with zero attached hydrogens (tertiary/aromatic N) is 2. The number of aromatic nitrogens is 2. The zero-order valence-electron chi connectivity index (χ0n) is 12.7. The van der Waals surface area contributed by atoms with Crippen molar-refractivity contribution >= 4 is 11.6 Å². The number of rotatable bonds is 4. The molecule has 21 heavy (non-hydrogen) atoms. The molecule has 0 spiro atoms. The normalized spacial score (nSPS) is 10.7. The van der Waals surface area contributed by atoms with Gasteiger partial charge in [-0.2, -0.15) is 5.10 Å². The highest BCUT2D eigenvalue weighted by Crippen LogP contribution is 2.34. The van der Waals surface area contributed by atoms with Crippen LogP contribution in [0.4, 0.5) is 5.69 Å². The zero-order chi connectivity index (χ0) is 15.7. The Kier molecular flexibility index (Phi) is 3.88. The van der Waals surface area contributed by atoms with Crippen molar-refractivity contribution in [1.82, 2.24) is 9.78 Å². The lowest BCUT2D eigenvalue weighted by molar-refractivity contribution is 0.1000. The fourth-order valence-corrected chi connectivity index (χ4v) is 2.25. The van der Waals surface area contributed by atoms with Crippen LogP contribution in [0, 0.1) is 20.8 Å². The van der Waals surface area contributed by atoms with Crippen LogP contribution in [0.5, 0.6) is 11.6 Å². The van der Waals surface area contributed by atoms with E-state index in [2.05, 4.69) is 5.10 Å². The zero-order valence-corrected chi connectivity index (χ0v) is 12.7. The van der Waals surface area contributed by atoms with Crippen LogP contribution in [-0.4, -0.2) is 15.7 Å². The molecule has 112 valence electrons. The maximum atomic E-state index is 11.3. The van der Waals surface area contributed by atoms with Crippen LogP contribution in [0.3, 0.4) is 0 Å². The highest BCUT2D eigenvalue weighted by molar-refractivity contribution is 5.93. The summed E-state index contributed by atoms with van der Waals surface area (Å²) in [5.41, 5.74) is 14.7. The monoisotopic (exact) mass is 288 g/mol. The molecule has 4 N–H and O–H groups in total. The van der Waals surface area contributed by atoms with Gasteiger partial charge in [-0.3, -0.25) is 4.79 Å². The van der Waals surface area contributed by atoms with Crippen molar-refractivity contribution in [2.75, 3.05) is 5.73 Å². The third kappa shape index (κ3) is 2.69. The van der Waals surface area contributed by atoms with E-state index < -0.39 is 5.91 Å². The van der Waals surface area contributed by atoms with Crippen molar-refractivity contribution in [2.45, 2.75) is 34.2 Å². The van der Waals surface area contributed by atoms with Crippen LogP contribution in [0.25, 0.3) is 0 Å². The third-order valence-electron chi connectivity index (χ3n) is 3.37. The van der Waals surface area contributed by atoms with Crippen LogP contribution in [0.1, 0.15) is 34.1 Å². The maximum Gasteiger partial charge on any atom is 0.248 e. The minimum absolute atomic E-state index is 0.457. The molecule has 0 bridgehead atoms. The first-order chi connectivity index (χ1) is 9.85. The van der Waals surface area contributed by atoms with Crippen molar-refractivity contribution in [3.8, 4) is 11.6 Å². The summed E-state index contributed by atoms with van der Waals surface area (Å²) in [5.74, 6) is 0.732. The second kappa shape index (κ2) is 5.47. The smallest absolute Gasteiger partial charge is 0.248 e. The summed E-state index contributed by atoms with van der Waals surface area (Å²) in [6, 6.07) is 3.42. The van der Waals surface area contributed by atoms with Gasteiger partial charge < -0.3 is 16.2 Å². The molecule has 2 aromatic rings. The molecular weight excluding hydrogens is 268 g/mol. The topological polar surface area (TPSA) is 96.2 Å². The average molecular weight is 288 g/mol. The van der Waals surface area contributed by atoms with Gasteiger partial charge in [0.05, 0.1) is 5.69 Å². The summed E-state index contributed by atoms with van der Waals surface area (Å²) >= 11 is 0. The van der Waals surface area contributed by atoms with Gasteiger partial charge in [0.15, 0.2) is 0 Å². The van der Waals surface area contributed by atoms with E-state index in [1.165, 1.54) is 0 Å². The van der Waals surface area contributed by atoms with Crippen molar-refractivity contribution in [3.63, 3.8) is 0 Å². The summed E-state index contributed by atoms with van der Waals surface area (Å²) in [5, 5.41) is 4.32. The predicted molar refractivity (Wildman–Crippen MR) is 81.6 cm³/mol. The lowest BCUT2D eigenvalue weighted by Gasteiger charge is -2.14. The highest BCUT2D eigenvalue weighted by atomic mass is 16.5. The summed E-state index contributed by atoms with van der Waals surface area (Å²) < 4.78 is 7.69. The Labute approximate surface area is 123 Å². The molecule has 0 fully saturated rings. The molecule has 1 aromatic carbocycles. The fraction of sp³-hybridized carbons (Fsp3) is 0.333. The highest BCUT2D eigenvalue weighted by Gasteiger charge is 2.17. The summed E-state index contributed by atoms with van der Waals surface area (Å²) in [4.78, 5) is 11.3. The van der Waals surface area contributed by atoms with Crippen LogP contribution in [0.15, 0.2) is 12.1 Å². The molecular formula is C15H20N4O2. The van der Waals surface area contributed by atoms with Crippen LogP contribution in [0.2, 0.25) is 0 Å². The number of primary amides is 1. The number of carbonyl (C=O) groups excluding carboxylic acids is 1. The maximum absolute atomic E-state index is 11.3. The largest absolute Gasteiger partial charge is 0.437 e. The Hall–Kier alpha value is -2.50. The van der Waals surface area contributed by atoms with E-state index in [-0.39, 0.29) is 0 Å². The second-order valence-electron chi connectivity index (χ2n) is 5.03. The number of amides is 1. The molecule has 6 nitrogen and oxygen atoms in total. The Bertz CT molecular complexity index is 681. The number of carbonyl (C=O) groups is 1. The van der Waals surface area contributed by atoms with Gasteiger partial charge in [-0.25, -0.2) is 4.68 Å².